The van der Waals surface area contributed by atoms with E-state index in [0.29, 0.717) is 32.6 Å². The van der Waals surface area contributed by atoms with Gasteiger partial charge in [0.15, 0.2) is 0 Å². The van der Waals surface area contributed by atoms with E-state index < -0.39 is 5.41 Å². The molecule has 2 heterocycles. The molecule has 1 aromatic heterocycles. The van der Waals surface area contributed by atoms with E-state index >= 15 is 0 Å². The number of amides is 1. The maximum absolute atomic E-state index is 12.7. The van der Waals surface area contributed by atoms with Gasteiger partial charge in [-0.05, 0) is 19.8 Å². The van der Waals surface area contributed by atoms with Crippen molar-refractivity contribution in [3.63, 3.8) is 0 Å². The van der Waals surface area contributed by atoms with E-state index in [1.165, 1.54) is 0 Å². The van der Waals surface area contributed by atoms with Crippen LogP contribution in [-0.2, 0) is 14.9 Å². The van der Waals surface area contributed by atoms with Gasteiger partial charge >= 0.3 is 0 Å². The van der Waals surface area contributed by atoms with Gasteiger partial charge < -0.3 is 15.8 Å². The third kappa shape index (κ3) is 3.67. The summed E-state index contributed by atoms with van der Waals surface area (Å²) in [7, 11) is 0. The van der Waals surface area contributed by atoms with Crippen molar-refractivity contribution in [2.24, 2.45) is 11.1 Å². The average molecular weight is 325 g/mol. The smallest absolute Gasteiger partial charge is 0.228 e. The van der Waals surface area contributed by atoms with E-state index in [4.69, 9.17) is 10.5 Å². The molecule has 1 aromatic rings. The van der Waals surface area contributed by atoms with Crippen molar-refractivity contribution in [3.05, 3.63) is 16.1 Å². The van der Waals surface area contributed by atoms with Gasteiger partial charge in [-0.25, -0.2) is 4.98 Å². The molecule has 124 valence electrons. The summed E-state index contributed by atoms with van der Waals surface area (Å²) in [5, 5.41) is 6.11. The number of nitrogens with one attached hydrogen (secondary N) is 1. The van der Waals surface area contributed by atoms with E-state index in [0.717, 1.165) is 10.7 Å². The molecule has 6 heteroatoms. The highest BCUT2D eigenvalue weighted by atomic mass is 32.1. The fourth-order valence-electron chi connectivity index (χ4n) is 2.53. The topological polar surface area (TPSA) is 77.2 Å². The number of ether oxygens (including phenoxy) is 1. The maximum Gasteiger partial charge on any atom is 0.228 e. The fraction of sp³-hybridized carbons (Fsp3) is 0.750. The second-order valence-corrected chi connectivity index (χ2v) is 8.00. The van der Waals surface area contributed by atoms with Crippen LogP contribution < -0.4 is 11.1 Å². The first kappa shape index (κ1) is 17.4. The van der Waals surface area contributed by atoms with Crippen molar-refractivity contribution in [1.29, 1.82) is 0 Å². The summed E-state index contributed by atoms with van der Waals surface area (Å²) in [5.74, 6) is 0.0262. The van der Waals surface area contributed by atoms with E-state index in [9.17, 15) is 4.79 Å². The van der Waals surface area contributed by atoms with E-state index in [2.05, 4.69) is 36.5 Å². The molecule has 1 fully saturated rings. The van der Waals surface area contributed by atoms with Gasteiger partial charge in [0.2, 0.25) is 5.91 Å². The third-order valence-corrected chi connectivity index (χ3v) is 5.36. The summed E-state index contributed by atoms with van der Waals surface area (Å²) in [6, 6.07) is -0.0973. The minimum absolute atomic E-state index is 0.0255. The highest BCUT2D eigenvalue weighted by molar-refractivity contribution is 7.09. The monoisotopic (exact) mass is 325 g/mol. The molecule has 1 atom stereocenters. The van der Waals surface area contributed by atoms with Crippen LogP contribution >= 0.6 is 11.3 Å². The Morgan fingerprint density at radius 1 is 1.50 bits per heavy atom. The Morgan fingerprint density at radius 3 is 2.64 bits per heavy atom. The number of nitrogens with two attached hydrogens (primary N) is 1. The predicted octanol–water partition coefficient (Wildman–Crippen LogP) is 2.37. The summed E-state index contributed by atoms with van der Waals surface area (Å²) < 4.78 is 5.36. The Balaban J connectivity index is 2.06. The molecule has 5 nitrogen and oxygen atoms in total. The number of hydrogen-bond acceptors (Lipinski definition) is 5. The Bertz CT molecular complexity index is 516. The van der Waals surface area contributed by atoms with Crippen molar-refractivity contribution >= 4 is 17.2 Å². The zero-order valence-electron chi connectivity index (χ0n) is 13.9. The normalized spacial score (nSPS) is 19.7. The zero-order valence-corrected chi connectivity index (χ0v) is 14.8. The molecule has 0 spiro atoms. The van der Waals surface area contributed by atoms with E-state index in [-0.39, 0.29) is 17.4 Å². The van der Waals surface area contributed by atoms with Gasteiger partial charge in [0.1, 0.15) is 5.01 Å². The van der Waals surface area contributed by atoms with Crippen LogP contribution in [0, 0.1) is 5.41 Å². The number of aromatic nitrogens is 1. The Kier molecular flexibility index (Phi) is 5.25. The van der Waals surface area contributed by atoms with Crippen molar-refractivity contribution in [1.82, 2.24) is 10.3 Å². The van der Waals surface area contributed by atoms with Crippen molar-refractivity contribution in [2.75, 3.05) is 19.8 Å². The summed E-state index contributed by atoms with van der Waals surface area (Å²) in [4.78, 5) is 17.3. The van der Waals surface area contributed by atoms with Crippen LogP contribution in [0.5, 0.6) is 0 Å². The van der Waals surface area contributed by atoms with Crippen LogP contribution in [0.4, 0.5) is 0 Å². The first-order valence-electron chi connectivity index (χ1n) is 7.83. The fourth-order valence-corrected chi connectivity index (χ4v) is 3.58. The maximum atomic E-state index is 12.7. The number of rotatable bonds is 4. The molecule has 1 unspecified atom stereocenters. The van der Waals surface area contributed by atoms with Crippen LogP contribution in [0.1, 0.15) is 57.3 Å². The minimum Gasteiger partial charge on any atom is -0.381 e. The van der Waals surface area contributed by atoms with Gasteiger partial charge in [0.25, 0.3) is 0 Å². The predicted molar refractivity (Wildman–Crippen MR) is 88.9 cm³/mol. The molecule has 1 aliphatic heterocycles. The molecular weight excluding hydrogens is 298 g/mol. The van der Waals surface area contributed by atoms with E-state index in [1.807, 2.05) is 6.92 Å². The minimum atomic E-state index is -0.489. The number of carbonyl (C=O) groups excluding carboxylic acids is 1. The zero-order chi connectivity index (χ0) is 16.4. The van der Waals surface area contributed by atoms with Gasteiger partial charge in [0, 0.05) is 30.6 Å². The highest BCUT2D eigenvalue weighted by Crippen LogP contribution is 2.31. The van der Waals surface area contributed by atoms with Crippen LogP contribution in [0.3, 0.4) is 0 Å². The Hall–Kier alpha value is -0.980. The van der Waals surface area contributed by atoms with Crippen molar-refractivity contribution < 1.29 is 9.53 Å². The van der Waals surface area contributed by atoms with Crippen molar-refractivity contribution in [3.8, 4) is 0 Å². The summed E-state index contributed by atoms with van der Waals surface area (Å²) in [6.45, 7) is 9.96. The molecule has 0 aliphatic carbocycles. The van der Waals surface area contributed by atoms with Gasteiger partial charge in [-0.15, -0.1) is 11.3 Å². The molecule has 1 aliphatic rings. The summed E-state index contributed by atoms with van der Waals surface area (Å²) >= 11 is 1.60. The average Bonchev–Trinajstić information content (AvgIpc) is 2.98. The lowest BCUT2D eigenvalue weighted by Gasteiger charge is -2.35. The Labute approximate surface area is 136 Å². The molecule has 0 aromatic carbocycles. The van der Waals surface area contributed by atoms with Gasteiger partial charge in [-0.2, -0.15) is 0 Å². The summed E-state index contributed by atoms with van der Waals surface area (Å²) in [5.41, 5.74) is 6.48. The second kappa shape index (κ2) is 6.64. The second-order valence-electron chi connectivity index (χ2n) is 7.11. The van der Waals surface area contributed by atoms with E-state index in [1.54, 1.807) is 11.3 Å². The number of nitrogens with zero attached hydrogens (tertiary/aromatic N) is 1. The SMILES string of the molecule is CC(NC(=O)C1(CN)CCOCC1)c1nc(C(C)(C)C)cs1. The molecule has 0 radical (unpaired) electrons. The molecule has 0 saturated carbocycles. The van der Waals surface area contributed by atoms with Gasteiger partial charge in [-0.1, -0.05) is 20.8 Å². The molecular formula is C16H27N3O2S. The summed E-state index contributed by atoms with van der Waals surface area (Å²) in [6.07, 6.45) is 1.38. The molecule has 1 amide bonds. The quantitative estimate of drug-likeness (QED) is 0.891. The van der Waals surface area contributed by atoms with Crippen LogP contribution in [0.25, 0.3) is 0 Å². The molecule has 3 N–H and O–H groups in total. The van der Waals surface area contributed by atoms with Crippen LogP contribution in [0.2, 0.25) is 0 Å². The lowest BCUT2D eigenvalue weighted by atomic mass is 9.79. The lowest BCUT2D eigenvalue weighted by molar-refractivity contribution is -0.136. The third-order valence-electron chi connectivity index (χ3n) is 4.33. The first-order valence-corrected chi connectivity index (χ1v) is 8.71. The van der Waals surface area contributed by atoms with Gasteiger partial charge in [0.05, 0.1) is 17.2 Å². The number of carbonyl (C=O) groups is 1. The lowest BCUT2D eigenvalue weighted by Crippen LogP contribution is -2.49. The first-order chi connectivity index (χ1) is 10.3. The highest BCUT2D eigenvalue weighted by Gasteiger charge is 2.39. The molecule has 0 bridgehead atoms. The Morgan fingerprint density at radius 2 is 2.14 bits per heavy atom. The van der Waals surface area contributed by atoms with Gasteiger partial charge in [-0.3, -0.25) is 4.79 Å². The molecule has 22 heavy (non-hydrogen) atoms. The molecule has 2 rings (SSSR count). The number of hydrogen-bond donors (Lipinski definition) is 2. The van der Waals surface area contributed by atoms with Crippen LogP contribution in [0.15, 0.2) is 5.38 Å². The standard InChI is InChI=1S/C16H27N3O2S/c1-11(13-19-12(9-22-13)15(2,3)4)18-14(20)16(10-17)5-7-21-8-6-16/h9,11H,5-8,10,17H2,1-4H3,(H,18,20). The van der Waals surface area contributed by atoms with Crippen LogP contribution in [-0.4, -0.2) is 30.6 Å². The number of thiazole rings is 1. The molecule has 1 saturated heterocycles. The largest absolute Gasteiger partial charge is 0.381 e. The van der Waals surface area contributed by atoms with Crippen molar-refractivity contribution in [2.45, 2.75) is 52.0 Å².